The van der Waals surface area contributed by atoms with Crippen molar-refractivity contribution in [1.29, 1.82) is 0 Å². The third-order valence-electron chi connectivity index (χ3n) is 2.29. The molecule has 1 N–H and O–H groups in total. The molecule has 0 aliphatic rings. The summed E-state index contributed by atoms with van der Waals surface area (Å²) in [4.78, 5) is 4.03. The van der Waals surface area contributed by atoms with E-state index in [9.17, 15) is 0 Å². The maximum Gasteiger partial charge on any atom is 0.129 e. The smallest absolute Gasteiger partial charge is 0.129 e. The molecule has 0 aliphatic heterocycles. The Morgan fingerprint density at radius 1 is 0.938 bits per heavy atom. The maximum absolute atomic E-state index is 5.71. The van der Waals surface area contributed by atoms with Gasteiger partial charge in [-0.1, -0.05) is 48.0 Å². The van der Waals surface area contributed by atoms with Crippen LogP contribution in [0.4, 0.5) is 0 Å². The molecule has 0 fully saturated rings. The van der Waals surface area contributed by atoms with Crippen LogP contribution >= 0.6 is 11.6 Å². The van der Waals surface area contributed by atoms with E-state index >= 15 is 0 Å². The van der Waals surface area contributed by atoms with Gasteiger partial charge in [-0.05, 0) is 17.2 Å². The molecular formula is C13H13ClN2. The Hall–Kier alpha value is -1.38. The fourth-order valence-corrected chi connectivity index (χ4v) is 1.57. The molecule has 82 valence electrons. The maximum atomic E-state index is 5.71. The molecular weight excluding hydrogens is 220 g/mol. The quantitative estimate of drug-likeness (QED) is 0.820. The van der Waals surface area contributed by atoms with E-state index in [4.69, 9.17) is 11.6 Å². The van der Waals surface area contributed by atoms with Gasteiger partial charge in [0.25, 0.3) is 0 Å². The van der Waals surface area contributed by atoms with E-state index in [2.05, 4.69) is 22.4 Å². The first-order chi connectivity index (χ1) is 7.84. The van der Waals surface area contributed by atoms with Gasteiger partial charge < -0.3 is 5.32 Å². The van der Waals surface area contributed by atoms with E-state index in [1.54, 1.807) is 12.3 Å². The van der Waals surface area contributed by atoms with E-state index in [-0.39, 0.29) is 0 Å². The van der Waals surface area contributed by atoms with E-state index < -0.39 is 0 Å². The zero-order valence-corrected chi connectivity index (χ0v) is 9.61. The van der Waals surface area contributed by atoms with Crippen LogP contribution in [0.2, 0.25) is 5.15 Å². The summed E-state index contributed by atoms with van der Waals surface area (Å²) in [5.74, 6) is 0. The predicted octanol–water partition coefficient (Wildman–Crippen LogP) is 3.02. The minimum absolute atomic E-state index is 0.534. The van der Waals surface area contributed by atoms with Gasteiger partial charge in [-0.3, -0.25) is 0 Å². The number of halogens is 1. The molecule has 0 saturated heterocycles. The molecule has 1 aromatic heterocycles. The lowest BCUT2D eigenvalue weighted by molar-refractivity contribution is 0.691. The molecule has 0 amide bonds. The van der Waals surface area contributed by atoms with Crippen LogP contribution in [-0.4, -0.2) is 4.98 Å². The Balaban J connectivity index is 1.82. The monoisotopic (exact) mass is 232 g/mol. The molecule has 16 heavy (non-hydrogen) atoms. The standard InChI is InChI=1S/C13H13ClN2/c14-13-7-6-12(10-16-13)9-15-8-11-4-2-1-3-5-11/h1-7,10,15H,8-9H2. The van der Waals surface area contributed by atoms with Crippen LogP contribution in [0, 0.1) is 0 Å². The molecule has 2 aromatic rings. The van der Waals surface area contributed by atoms with Gasteiger partial charge in [-0.15, -0.1) is 0 Å². The van der Waals surface area contributed by atoms with Crippen molar-refractivity contribution in [2.75, 3.05) is 0 Å². The zero-order chi connectivity index (χ0) is 11.2. The summed E-state index contributed by atoms with van der Waals surface area (Å²) in [5, 5.41) is 3.89. The molecule has 0 radical (unpaired) electrons. The highest BCUT2D eigenvalue weighted by Crippen LogP contribution is 2.05. The largest absolute Gasteiger partial charge is 0.309 e. The second-order valence-corrected chi connectivity index (χ2v) is 3.97. The molecule has 2 rings (SSSR count). The van der Waals surface area contributed by atoms with Crippen molar-refractivity contribution in [2.24, 2.45) is 0 Å². The van der Waals surface area contributed by atoms with Gasteiger partial charge in [-0.25, -0.2) is 4.98 Å². The van der Waals surface area contributed by atoms with Crippen LogP contribution in [0.3, 0.4) is 0 Å². The van der Waals surface area contributed by atoms with Crippen molar-refractivity contribution >= 4 is 11.6 Å². The summed E-state index contributed by atoms with van der Waals surface area (Å²) >= 11 is 5.71. The van der Waals surface area contributed by atoms with Gasteiger partial charge in [-0.2, -0.15) is 0 Å². The lowest BCUT2D eigenvalue weighted by Crippen LogP contribution is -2.12. The first-order valence-corrected chi connectivity index (χ1v) is 5.57. The van der Waals surface area contributed by atoms with Gasteiger partial charge in [0, 0.05) is 19.3 Å². The van der Waals surface area contributed by atoms with Crippen LogP contribution in [0.25, 0.3) is 0 Å². The summed E-state index contributed by atoms with van der Waals surface area (Å²) in [6, 6.07) is 14.1. The molecule has 0 spiro atoms. The average Bonchev–Trinajstić information content (AvgIpc) is 2.33. The molecule has 2 nitrogen and oxygen atoms in total. The Labute approximate surface area is 100 Å². The normalized spacial score (nSPS) is 10.3. The van der Waals surface area contributed by atoms with Gasteiger partial charge in [0.1, 0.15) is 5.15 Å². The molecule has 0 atom stereocenters. The topological polar surface area (TPSA) is 24.9 Å². The van der Waals surface area contributed by atoms with Crippen molar-refractivity contribution < 1.29 is 0 Å². The van der Waals surface area contributed by atoms with Crippen molar-refractivity contribution in [3.05, 3.63) is 64.9 Å². The number of nitrogens with one attached hydrogen (secondary N) is 1. The number of hydrogen-bond donors (Lipinski definition) is 1. The number of nitrogens with zero attached hydrogens (tertiary/aromatic N) is 1. The van der Waals surface area contributed by atoms with Gasteiger partial charge in [0.15, 0.2) is 0 Å². The van der Waals surface area contributed by atoms with Crippen LogP contribution in [0.1, 0.15) is 11.1 Å². The third kappa shape index (κ3) is 3.33. The van der Waals surface area contributed by atoms with Crippen molar-refractivity contribution in [3.63, 3.8) is 0 Å². The highest BCUT2D eigenvalue weighted by atomic mass is 35.5. The molecule has 0 saturated carbocycles. The summed E-state index contributed by atoms with van der Waals surface area (Å²) in [5.41, 5.74) is 2.42. The zero-order valence-electron chi connectivity index (χ0n) is 8.86. The number of hydrogen-bond acceptors (Lipinski definition) is 2. The van der Waals surface area contributed by atoms with Gasteiger partial charge in [0.05, 0.1) is 0 Å². The number of benzene rings is 1. The second kappa shape index (κ2) is 5.64. The highest BCUT2D eigenvalue weighted by Gasteiger charge is 1.94. The predicted molar refractivity (Wildman–Crippen MR) is 66.2 cm³/mol. The van der Waals surface area contributed by atoms with E-state index in [1.165, 1.54) is 5.56 Å². The fraction of sp³-hybridized carbons (Fsp3) is 0.154. The van der Waals surface area contributed by atoms with E-state index in [0.717, 1.165) is 18.7 Å². The second-order valence-electron chi connectivity index (χ2n) is 3.58. The summed E-state index contributed by atoms with van der Waals surface area (Å²) < 4.78 is 0. The molecule has 0 bridgehead atoms. The van der Waals surface area contributed by atoms with E-state index in [0.29, 0.717) is 5.15 Å². The van der Waals surface area contributed by atoms with Gasteiger partial charge in [0.2, 0.25) is 0 Å². The Morgan fingerprint density at radius 2 is 1.69 bits per heavy atom. The molecule has 1 aromatic carbocycles. The van der Waals surface area contributed by atoms with Crippen LogP contribution < -0.4 is 5.32 Å². The minimum Gasteiger partial charge on any atom is -0.309 e. The van der Waals surface area contributed by atoms with Crippen molar-refractivity contribution in [3.8, 4) is 0 Å². The van der Waals surface area contributed by atoms with Crippen molar-refractivity contribution in [1.82, 2.24) is 10.3 Å². The molecule has 0 aliphatic carbocycles. The highest BCUT2D eigenvalue weighted by molar-refractivity contribution is 6.29. The number of rotatable bonds is 4. The Kier molecular flexibility index (Phi) is 3.91. The Morgan fingerprint density at radius 3 is 2.38 bits per heavy atom. The third-order valence-corrected chi connectivity index (χ3v) is 2.51. The lowest BCUT2D eigenvalue weighted by Gasteiger charge is -2.04. The average molecular weight is 233 g/mol. The number of pyridine rings is 1. The van der Waals surface area contributed by atoms with Gasteiger partial charge >= 0.3 is 0 Å². The minimum atomic E-state index is 0.534. The van der Waals surface area contributed by atoms with Crippen LogP contribution in [0.5, 0.6) is 0 Å². The van der Waals surface area contributed by atoms with Crippen LogP contribution in [0.15, 0.2) is 48.7 Å². The first-order valence-electron chi connectivity index (χ1n) is 5.20. The lowest BCUT2D eigenvalue weighted by atomic mass is 10.2. The summed E-state index contributed by atoms with van der Waals surface area (Å²) in [6.07, 6.45) is 1.79. The fourth-order valence-electron chi connectivity index (χ4n) is 1.46. The molecule has 0 unspecified atom stereocenters. The molecule has 1 heterocycles. The molecule has 3 heteroatoms. The SMILES string of the molecule is Clc1ccc(CNCc2ccccc2)cn1. The first kappa shape index (κ1) is 11.1. The van der Waals surface area contributed by atoms with Crippen LogP contribution in [-0.2, 0) is 13.1 Å². The number of aromatic nitrogens is 1. The van der Waals surface area contributed by atoms with E-state index in [1.807, 2.05) is 24.3 Å². The van der Waals surface area contributed by atoms with Crippen molar-refractivity contribution in [2.45, 2.75) is 13.1 Å². The summed E-state index contributed by atoms with van der Waals surface area (Å²) in [7, 11) is 0. The Bertz CT molecular complexity index is 425. The summed E-state index contributed by atoms with van der Waals surface area (Å²) in [6.45, 7) is 1.67.